The zero-order valence-corrected chi connectivity index (χ0v) is 14.6. The van der Waals surface area contributed by atoms with Gasteiger partial charge in [-0.25, -0.2) is 4.98 Å². The van der Waals surface area contributed by atoms with Crippen LogP contribution in [0.1, 0.15) is 43.7 Å². The fraction of sp³-hybridized carbons (Fsp3) is 0.750. The minimum Gasteiger partial charge on any atom is -0.396 e. The van der Waals surface area contributed by atoms with E-state index in [9.17, 15) is 9.90 Å². The van der Waals surface area contributed by atoms with Crippen molar-refractivity contribution in [1.82, 2.24) is 9.88 Å². The number of hydrogen-bond donors (Lipinski definition) is 2. The number of amides is 1. The molecular weight excluding hydrogens is 298 g/mol. The first-order valence-electron chi connectivity index (χ1n) is 8.11. The van der Waals surface area contributed by atoms with E-state index >= 15 is 0 Å². The van der Waals surface area contributed by atoms with Gasteiger partial charge in [-0.3, -0.25) is 9.69 Å². The summed E-state index contributed by atoms with van der Waals surface area (Å²) in [4.78, 5) is 19.9. The number of carbonyl (C=O) groups is 1. The van der Waals surface area contributed by atoms with Crippen molar-refractivity contribution in [1.29, 1.82) is 0 Å². The molecule has 0 aliphatic carbocycles. The van der Waals surface area contributed by atoms with Gasteiger partial charge in [0.15, 0.2) is 5.13 Å². The highest BCUT2D eigenvalue weighted by molar-refractivity contribution is 7.15. The minimum atomic E-state index is 0.00407. The van der Waals surface area contributed by atoms with Crippen LogP contribution in [0.3, 0.4) is 0 Å². The van der Waals surface area contributed by atoms with E-state index in [1.165, 1.54) is 4.88 Å². The molecule has 1 aromatic heterocycles. The summed E-state index contributed by atoms with van der Waals surface area (Å²) in [6.45, 7) is 8.65. The Balaban J connectivity index is 1.83. The monoisotopic (exact) mass is 325 g/mol. The van der Waals surface area contributed by atoms with Gasteiger partial charge in [-0.2, -0.15) is 0 Å². The van der Waals surface area contributed by atoms with Crippen molar-refractivity contribution in [3.63, 3.8) is 0 Å². The first-order chi connectivity index (χ1) is 10.5. The number of aliphatic hydroxyl groups is 1. The van der Waals surface area contributed by atoms with Crippen LogP contribution in [-0.2, 0) is 11.2 Å². The molecule has 1 aliphatic heterocycles. The van der Waals surface area contributed by atoms with E-state index in [1.54, 1.807) is 11.3 Å². The van der Waals surface area contributed by atoms with Gasteiger partial charge in [0.1, 0.15) is 0 Å². The molecule has 5 nitrogen and oxygen atoms in total. The van der Waals surface area contributed by atoms with Crippen molar-refractivity contribution in [3.05, 3.63) is 10.6 Å². The number of nitrogens with one attached hydrogen (secondary N) is 1. The van der Waals surface area contributed by atoms with Crippen LogP contribution < -0.4 is 5.32 Å². The third-order valence-electron chi connectivity index (χ3n) is 4.84. The van der Waals surface area contributed by atoms with Gasteiger partial charge in [-0.1, -0.05) is 13.8 Å². The van der Waals surface area contributed by atoms with E-state index in [1.807, 2.05) is 6.92 Å². The second kappa shape index (κ2) is 7.53. The number of likely N-dealkylation sites (tertiary alicyclic amines) is 1. The van der Waals surface area contributed by atoms with E-state index in [4.69, 9.17) is 0 Å². The number of thiazole rings is 1. The van der Waals surface area contributed by atoms with E-state index < -0.39 is 0 Å². The second-order valence-corrected chi connectivity index (χ2v) is 7.41. The Hall–Kier alpha value is -0.980. The lowest BCUT2D eigenvalue weighted by Crippen LogP contribution is -2.44. The first kappa shape index (κ1) is 17.4. The molecule has 2 rings (SSSR count). The predicted molar refractivity (Wildman–Crippen MR) is 90.3 cm³/mol. The molecule has 2 heterocycles. The van der Waals surface area contributed by atoms with Crippen molar-refractivity contribution in [2.24, 2.45) is 5.41 Å². The molecule has 0 saturated carbocycles. The summed E-state index contributed by atoms with van der Waals surface area (Å²) in [5.41, 5.74) is 1.13. The van der Waals surface area contributed by atoms with E-state index in [0.717, 1.165) is 44.5 Å². The Bertz CT molecular complexity index is 501. The third kappa shape index (κ3) is 4.06. The van der Waals surface area contributed by atoms with Gasteiger partial charge >= 0.3 is 0 Å². The van der Waals surface area contributed by atoms with Crippen molar-refractivity contribution >= 4 is 22.4 Å². The quantitative estimate of drug-likeness (QED) is 0.843. The number of aryl methyl sites for hydroxylation is 2. The molecule has 0 radical (unpaired) electrons. The molecule has 1 fully saturated rings. The van der Waals surface area contributed by atoms with E-state index in [-0.39, 0.29) is 17.9 Å². The van der Waals surface area contributed by atoms with Gasteiger partial charge in [-0.05, 0) is 51.1 Å². The summed E-state index contributed by atoms with van der Waals surface area (Å²) in [6.07, 6.45) is 3.82. The van der Waals surface area contributed by atoms with Gasteiger partial charge in [0.2, 0.25) is 5.91 Å². The van der Waals surface area contributed by atoms with E-state index in [2.05, 4.69) is 29.0 Å². The summed E-state index contributed by atoms with van der Waals surface area (Å²) in [5, 5.41) is 13.2. The highest BCUT2D eigenvalue weighted by atomic mass is 32.1. The molecule has 1 amide bonds. The number of aliphatic hydroxyl groups excluding tert-OH is 1. The molecule has 22 heavy (non-hydrogen) atoms. The molecule has 6 heteroatoms. The van der Waals surface area contributed by atoms with Gasteiger partial charge < -0.3 is 10.4 Å². The Morgan fingerprint density at radius 1 is 1.41 bits per heavy atom. The summed E-state index contributed by atoms with van der Waals surface area (Å²) in [5.74, 6) is 0.00407. The standard InChI is InChI=1S/C16H27N3O2S/c1-4-13-12(3)22-15(17-13)18-14(21)10-19-8-6-16(5-2,11-20)7-9-19/h20H,4-11H2,1-3H3,(H,17,18,21). The maximum absolute atomic E-state index is 12.2. The number of nitrogens with zero attached hydrogens (tertiary/aromatic N) is 2. The maximum Gasteiger partial charge on any atom is 0.240 e. The maximum atomic E-state index is 12.2. The van der Waals surface area contributed by atoms with Crippen molar-refractivity contribution in [3.8, 4) is 0 Å². The lowest BCUT2D eigenvalue weighted by Gasteiger charge is -2.39. The van der Waals surface area contributed by atoms with Crippen LogP contribution in [0.2, 0.25) is 0 Å². The van der Waals surface area contributed by atoms with Crippen molar-refractivity contribution < 1.29 is 9.90 Å². The molecule has 1 aromatic rings. The average Bonchev–Trinajstić information content (AvgIpc) is 2.88. The van der Waals surface area contributed by atoms with Crippen LogP contribution in [0.15, 0.2) is 0 Å². The summed E-state index contributed by atoms with van der Waals surface area (Å²) >= 11 is 1.54. The summed E-state index contributed by atoms with van der Waals surface area (Å²) in [6, 6.07) is 0. The molecule has 1 aliphatic rings. The zero-order chi connectivity index (χ0) is 16.2. The zero-order valence-electron chi connectivity index (χ0n) is 13.8. The van der Waals surface area contributed by atoms with Crippen LogP contribution in [0, 0.1) is 12.3 Å². The van der Waals surface area contributed by atoms with E-state index in [0.29, 0.717) is 11.7 Å². The van der Waals surface area contributed by atoms with Gasteiger partial charge in [0, 0.05) is 11.5 Å². The number of anilines is 1. The topological polar surface area (TPSA) is 65.5 Å². The molecule has 0 atom stereocenters. The number of hydrogen-bond acceptors (Lipinski definition) is 5. The lowest BCUT2D eigenvalue weighted by atomic mass is 9.77. The summed E-state index contributed by atoms with van der Waals surface area (Å²) in [7, 11) is 0. The molecule has 124 valence electrons. The van der Waals surface area contributed by atoms with Crippen molar-refractivity contribution in [2.45, 2.75) is 46.5 Å². The molecule has 0 aromatic carbocycles. The SMILES string of the molecule is CCc1nc(NC(=O)CN2CCC(CC)(CO)CC2)sc1C. The Morgan fingerprint density at radius 3 is 2.59 bits per heavy atom. The fourth-order valence-corrected chi connectivity index (χ4v) is 3.90. The molecule has 2 N–H and O–H groups in total. The van der Waals surface area contributed by atoms with Crippen LogP contribution in [0.25, 0.3) is 0 Å². The van der Waals surface area contributed by atoms with Gasteiger partial charge in [0.25, 0.3) is 0 Å². The number of carbonyl (C=O) groups excluding carboxylic acids is 1. The molecule has 0 unspecified atom stereocenters. The largest absolute Gasteiger partial charge is 0.396 e. The first-order valence-corrected chi connectivity index (χ1v) is 8.93. The molecule has 0 spiro atoms. The molecule has 0 bridgehead atoms. The number of aromatic nitrogens is 1. The Morgan fingerprint density at radius 2 is 2.09 bits per heavy atom. The second-order valence-electron chi connectivity index (χ2n) is 6.21. The van der Waals surface area contributed by atoms with Crippen LogP contribution in [0.5, 0.6) is 0 Å². The highest BCUT2D eigenvalue weighted by Crippen LogP contribution is 2.34. The van der Waals surface area contributed by atoms with Crippen LogP contribution in [-0.4, -0.2) is 47.1 Å². The molecular formula is C16H27N3O2S. The Labute approximate surface area is 136 Å². The number of piperidine rings is 1. The van der Waals surface area contributed by atoms with Crippen LogP contribution >= 0.6 is 11.3 Å². The smallest absolute Gasteiger partial charge is 0.240 e. The summed E-state index contributed by atoms with van der Waals surface area (Å²) < 4.78 is 0. The normalized spacial score (nSPS) is 18.4. The average molecular weight is 325 g/mol. The third-order valence-corrected chi connectivity index (χ3v) is 5.77. The lowest BCUT2D eigenvalue weighted by molar-refractivity contribution is -0.118. The Kier molecular flexibility index (Phi) is 5.94. The molecule has 1 saturated heterocycles. The fourth-order valence-electron chi connectivity index (χ4n) is 2.98. The van der Waals surface area contributed by atoms with Crippen LogP contribution in [0.4, 0.5) is 5.13 Å². The van der Waals surface area contributed by atoms with Crippen molar-refractivity contribution in [2.75, 3.05) is 31.6 Å². The number of rotatable bonds is 6. The highest BCUT2D eigenvalue weighted by Gasteiger charge is 2.32. The van der Waals surface area contributed by atoms with Gasteiger partial charge in [0.05, 0.1) is 12.2 Å². The van der Waals surface area contributed by atoms with Gasteiger partial charge in [-0.15, -0.1) is 11.3 Å². The predicted octanol–water partition coefficient (Wildman–Crippen LogP) is 2.44. The minimum absolute atomic E-state index is 0.00407.